The van der Waals surface area contributed by atoms with E-state index in [1.165, 1.54) is 25.5 Å². The van der Waals surface area contributed by atoms with Crippen molar-refractivity contribution < 1.29 is 14.3 Å². The molecule has 2 aliphatic rings. The van der Waals surface area contributed by atoms with Gasteiger partial charge in [-0.3, -0.25) is 0 Å². The van der Waals surface area contributed by atoms with Crippen molar-refractivity contribution in [1.82, 2.24) is 0 Å². The number of allylic oxidation sites excluding steroid dienone is 1. The first-order valence-corrected chi connectivity index (χ1v) is 5.64. The van der Waals surface area contributed by atoms with Crippen molar-refractivity contribution >= 4 is 5.97 Å². The fourth-order valence-corrected chi connectivity index (χ4v) is 2.80. The molecule has 2 rings (SSSR count). The molecule has 2 fully saturated rings. The third-order valence-corrected chi connectivity index (χ3v) is 3.73. The summed E-state index contributed by atoms with van der Waals surface area (Å²) in [4.78, 5) is 11.3. The van der Waals surface area contributed by atoms with Crippen molar-refractivity contribution in [3.05, 3.63) is 11.6 Å². The molecule has 0 unspecified atom stereocenters. The van der Waals surface area contributed by atoms with Gasteiger partial charge in [-0.25, -0.2) is 4.79 Å². The lowest BCUT2D eigenvalue weighted by Gasteiger charge is -2.34. The highest BCUT2D eigenvalue weighted by Crippen LogP contribution is 2.49. The molecule has 0 amide bonds. The molecule has 0 N–H and O–H groups in total. The van der Waals surface area contributed by atoms with Crippen molar-refractivity contribution in [2.45, 2.75) is 32.1 Å². The molecule has 1 aliphatic carbocycles. The summed E-state index contributed by atoms with van der Waals surface area (Å²) in [6, 6.07) is 0. The van der Waals surface area contributed by atoms with E-state index in [4.69, 9.17) is 9.47 Å². The molecular formula is C12H18O3. The van der Waals surface area contributed by atoms with Crippen molar-refractivity contribution in [3.63, 3.8) is 0 Å². The Bertz CT molecular complexity index is 275. The summed E-state index contributed by atoms with van der Waals surface area (Å²) in [5.74, 6) is -0.210. The Hall–Kier alpha value is -0.830. The zero-order valence-electron chi connectivity index (χ0n) is 9.25. The summed E-state index contributed by atoms with van der Waals surface area (Å²) in [5, 5.41) is 0. The van der Waals surface area contributed by atoms with Gasteiger partial charge in [-0.2, -0.15) is 0 Å². The summed E-state index contributed by atoms with van der Waals surface area (Å²) >= 11 is 0. The minimum Gasteiger partial charge on any atom is -0.466 e. The fourth-order valence-electron chi connectivity index (χ4n) is 2.80. The first kappa shape index (κ1) is 10.7. The average molecular weight is 210 g/mol. The van der Waals surface area contributed by atoms with Crippen LogP contribution < -0.4 is 0 Å². The van der Waals surface area contributed by atoms with Crippen LogP contribution in [0.25, 0.3) is 0 Å². The van der Waals surface area contributed by atoms with E-state index in [1.807, 2.05) is 0 Å². The molecule has 1 spiro atoms. The van der Waals surface area contributed by atoms with Gasteiger partial charge in [0.2, 0.25) is 0 Å². The Balaban J connectivity index is 2.16. The lowest BCUT2D eigenvalue weighted by atomic mass is 9.75. The third kappa shape index (κ3) is 2.07. The smallest absolute Gasteiger partial charge is 0.330 e. The van der Waals surface area contributed by atoms with Gasteiger partial charge < -0.3 is 9.47 Å². The van der Waals surface area contributed by atoms with Crippen LogP contribution in [0.5, 0.6) is 0 Å². The molecular weight excluding hydrogens is 192 g/mol. The Morgan fingerprint density at radius 3 is 2.80 bits per heavy atom. The van der Waals surface area contributed by atoms with Gasteiger partial charge in [-0.15, -0.1) is 0 Å². The predicted octanol–water partition coefficient (Wildman–Crippen LogP) is 2.07. The van der Waals surface area contributed by atoms with Crippen molar-refractivity contribution in [3.8, 4) is 0 Å². The van der Waals surface area contributed by atoms with Crippen molar-refractivity contribution in [1.29, 1.82) is 0 Å². The first-order chi connectivity index (χ1) is 7.27. The van der Waals surface area contributed by atoms with E-state index in [1.54, 1.807) is 6.08 Å². The van der Waals surface area contributed by atoms with E-state index in [0.29, 0.717) is 0 Å². The van der Waals surface area contributed by atoms with Gasteiger partial charge in [-0.1, -0.05) is 5.57 Å². The number of esters is 1. The van der Waals surface area contributed by atoms with Crippen LogP contribution in [-0.4, -0.2) is 26.3 Å². The van der Waals surface area contributed by atoms with Crippen LogP contribution in [0.15, 0.2) is 11.6 Å². The monoisotopic (exact) mass is 210 g/mol. The molecule has 3 nitrogen and oxygen atoms in total. The lowest BCUT2D eigenvalue weighted by molar-refractivity contribution is -0.135. The SMILES string of the molecule is COC(=O)/C=C1/CCCC12CCOCC2. The highest BCUT2D eigenvalue weighted by atomic mass is 16.5. The summed E-state index contributed by atoms with van der Waals surface area (Å²) in [6.07, 6.45) is 7.29. The normalized spacial score (nSPS) is 27.1. The maximum atomic E-state index is 11.3. The Morgan fingerprint density at radius 1 is 1.40 bits per heavy atom. The second-order valence-corrected chi connectivity index (χ2v) is 4.44. The zero-order chi connectivity index (χ0) is 10.7. The van der Waals surface area contributed by atoms with E-state index < -0.39 is 0 Å². The molecule has 1 aliphatic heterocycles. The fraction of sp³-hybridized carbons (Fsp3) is 0.750. The number of carbonyl (C=O) groups excluding carboxylic acids is 1. The molecule has 0 aromatic heterocycles. The number of carbonyl (C=O) groups is 1. The molecule has 1 heterocycles. The Morgan fingerprint density at radius 2 is 2.13 bits per heavy atom. The first-order valence-electron chi connectivity index (χ1n) is 5.64. The lowest BCUT2D eigenvalue weighted by Crippen LogP contribution is -2.28. The number of ether oxygens (including phenoxy) is 2. The number of methoxy groups -OCH3 is 1. The largest absolute Gasteiger partial charge is 0.466 e. The highest BCUT2D eigenvalue weighted by Gasteiger charge is 2.39. The second kappa shape index (κ2) is 4.35. The Labute approximate surface area is 90.4 Å². The molecule has 0 aromatic carbocycles. The highest BCUT2D eigenvalue weighted by molar-refractivity contribution is 5.83. The molecule has 1 saturated heterocycles. The van der Waals surface area contributed by atoms with Crippen LogP contribution in [0.2, 0.25) is 0 Å². The van der Waals surface area contributed by atoms with Gasteiger partial charge >= 0.3 is 5.97 Å². The van der Waals surface area contributed by atoms with Gasteiger partial charge in [0.15, 0.2) is 0 Å². The summed E-state index contributed by atoms with van der Waals surface area (Å²) in [6.45, 7) is 1.66. The summed E-state index contributed by atoms with van der Waals surface area (Å²) in [7, 11) is 1.44. The average Bonchev–Trinajstić information content (AvgIpc) is 2.63. The van der Waals surface area contributed by atoms with Gasteiger partial charge in [-0.05, 0) is 37.5 Å². The van der Waals surface area contributed by atoms with Crippen LogP contribution in [-0.2, 0) is 14.3 Å². The zero-order valence-corrected chi connectivity index (χ0v) is 9.25. The maximum absolute atomic E-state index is 11.3. The van der Waals surface area contributed by atoms with Gasteiger partial charge in [0.25, 0.3) is 0 Å². The second-order valence-electron chi connectivity index (χ2n) is 4.44. The van der Waals surface area contributed by atoms with E-state index in [-0.39, 0.29) is 11.4 Å². The van der Waals surface area contributed by atoms with Crippen molar-refractivity contribution in [2.24, 2.45) is 5.41 Å². The minimum absolute atomic E-state index is 0.210. The van der Waals surface area contributed by atoms with Crippen molar-refractivity contribution in [2.75, 3.05) is 20.3 Å². The molecule has 84 valence electrons. The van der Waals surface area contributed by atoms with E-state index in [2.05, 4.69) is 0 Å². The van der Waals surface area contributed by atoms with Crippen LogP contribution in [0.3, 0.4) is 0 Å². The summed E-state index contributed by atoms with van der Waals surface area (Å²) < 4.78 is 10.1. The van der Waals surface area contributed by atoms with Gasteiger partial charge in [0.05, 0.1) is 7.11 Å². The number of rotatable bonds is 1. The van der Waals surface area contributed by atoms with Crippen LogP contribution >= 0.6 is 0 Å². The minimum atomic E-state index is -0.210. The molecule has 0 radical (unpaired) electrons. The van der Waals surface area contributed by atoms with E-state index in [0.717, 1.165) is 32.5 Å². The predicted molar refractivity (Wildman–Crippen MR) is 56.4 cm³/mol. The third-order valence-electron chi connectivity index (χ3n) is 3.73. The summed E-state index contributed by atoms with van der Waals surface area (Å²) in [5.41, 5.74) is 1.55. The van der Waals surface area contributed by atoms with Gasteiger partial charge in [0, 0.05) is 19.3 Å². The molecule has 0 bridgehead atoms. The molecule has 1 saturated carbocycles. The maximum Gasteiger partial charge on any atom is 0.330 e. The number of hydrogen-bond acceptors (Lipinski definition) is 3. The topological polar surface area (TPSA) is 35.5 Å². The van der Waals surface area contributed by atoms with E-state index >= 15 is 0 Å². The Kier molecular flexibility index (Phi) is 3.10. The molecule has 15 heavy (non-hydrogen) atoms. The van der Waals surface area contributed by atoms with E-state index in [9.17, 15) is 4.79 Å². The standard InChI is InChI=1S/C12H18O3/c1-14-11(13)9-10-3-2-4-12(10)5-7-15-8-6-12/h9H,2-8H2,1H3/b10-9-. The molecule has 0 atom stereocenters. The number of hydrogen-bond donors (Lipinski definition) is 0. The molecule has 3 heteroatoms. The molecule has 0 aromatic rings. The van der Waals surface area contributed by atoms with Crippen LogP contribution in [0.4, 0.5) is 0 Å². The quantitative estimate of drug-likeness (QED) is 0.491. The van der Waals surface area contributed by atoms with Gasteiger partial charge in [0.1, 0.15) is 0 Å². The van der Waals surface area contributed by atoms with Crippen LogP contribution in [0.1, 0.15) is 32.1 Å². The van der Waals surface area contributed by atoms with Crippen LogP contribution in [0, 0.1) is 5.41 Å².